The lowest BCUT2D eigenvalue weighted by atomic mass is 10.1. The molecule has 0 aliphatic heterocycles. The fraction of sp³-hybridized carbons (Fsp3) is 0.318. The second-order valence-electron chi connectivity index (χ2n) is 7.66. The van der Waals surface area contributed by atoms with E-state index in [9.17, 15) is 14.4 Å². The lowest BCUT2D eigenvalue weighted by Crippen LogP contribution is -2.34. The summed E-state index contributed by atoms with van der Waals surface area (Å²) in [5, 5.41) is 8.11. The molecular formula is C22H26BrN3O4. The Bertz CT molecular complexity index is 892. The molecular weight excluding hydrogens is 450 g/mol. The van der Waals surface area contributed by atoms with Gasteiger partial charge in [0.05, 0.1) is 6.42 Å². The van der Waals surface area contributed by atoms with E-state index >= 15 is 0 Å². The molecule has 3 N–H and O–H groups in total. The van der Waals surface area contributed by atoms with Gasteiger partial charge >= 0.3 is 6.09 Å². The van der Waals surface area contributed by atoms with E-state index in [1.807, 2.05) is 24.3 Å². The quantitative estimate of drug-likeness (QED) is 0.549. The van der Waals surface area contributed by atoms with Gasteiger partial charge in [-0.3, -0.25) is 9.59 Å². The van der Waals surface area contributed by atoms with Crippen molar-refractivity contribution in [1.29, 1.82) is 0 Å². The van der Waals surface area contributed by atoms with Crippen LogP contribution in [0.4, 0.5) is 16.2 Å². The second kappa shape index (κ2) is 10.8. The third-order valence-electron chi connectivity index (χ3n) is 3.73. The first-order valence-corrected chi connectivity index (χ1v) is 10.3. The Morgan fingerprint density at radius 2 is 1.53 bits per heavy atom. The molecule has 0 aromatic heterocycles. The van der Waals surface area contributed by atoms with Gasteiger partial charge in [0.2, 0.25) is 11.8 Å². The summed E-state index contributed by atoms with van der Waals surface area (Å²) in [6, 6.07) is 14.4. The van der Waals surface area contributed by atoms with E-state index in [0.717, 1.165) is 10.0 Å². The molecule has 0 heterocycles. The molecule has 8 heteroatoms. The van der Waals surface area contributed by atoms with E-state index in [-0.39, 0.29) is 31.2 Å². The normalized spacial score (nSPS) is 10.8. The Hall–Kier alpha value is -2.87. The summed E-state index contributed by atoms with van der Waals surface area (Å²) in [5.41, 5.74) is 1.56. The second-order valence-corrected chi connectivity index (χ2v) is 8.57. The molecule has 160 valence electrons. The molecule has 3 amide bonds. The first kappa shape index (κ1) is 23.4. The van der Waals surface area contributed by atoms with Crippen molar-refractivity contribution in [1.82, 2.24) is 5.32 Å². The smallest absolute Gasteiger partial charge is 0.407 e. The number of rotatable bonds is 7. The molecule has 0 bridgehead atoms. The van der Waals surface area contributed by atoms with E-state index < -0.39 is 11.7 Å². The molecule has 0 radical (unpaired) electrons. The predicted molar refractivity (Wildman–Crippen MR) is 120 cm³/mol. The van der Waals surface area contributed by atoms with Gasteiger partial charge in [0.1, 0.15) is 5.60 Å². The molecule has 2 aromatic rings. The highest BCUT2D eigenvalue weighted by atomic mass is 79.9. The number of amides is 3. The number of ether oxygens (including phenoxy) is 1. The van der Waals surface area contributed by atoms with Crippen molar-refractivity contribution in [2.75, 3.05) is 17.2 Å². The number of alkyl carbamates (subject to hydrolysis) is 1. The van der Waals surface area contributed by atoms with Crippen LogP contribution < -0.4 is 16.0 Å². The maximum atomic E-state index is 12.2. The number of nitrogens with one attached hydrogen (secondary N) is 3. The average Bonchev–Trinajstić information content (AvgIpc) is 2.62. The first-order chi connectivity index (χ1) is 14.1. The minimum atomic E-state index is -0.582. The van der Waals surface area contributed by atoms with Gasteiger partial charge in [-0.25, -0.2) is 4.79 Å². The summed E-state index contributed by atoms with van der Waals surface area (Å²) in [6.07, 6.45) is -0.175. The van der Waals surface area contributed by atoms with Crippen LogP contribution in [0.15, 0.2) is 53.0 Å². The third-order valence-corrected chi connectivity index (χ3v) is 4.22. The Balaban J connectivity index is 1.75. The minimum absolute atomic E-state index is 0.115. The van der Waals surface area contributed by atoms with Gasteiger partial charge in [0.25, 0.3) is 0 Å². The number of hydrogen-bond donors (Lipinski definition) is 3. The topological polar surface area (TPSA) is 96.5 Å². The number of carbonyl (C=O) groups is 3. The van der Waals surface area contributed by atoms with Gasteiger partial charge in [-0.1, -0.05) is 28.1 Å². The Morgan fingerprint density at radius 1 is 0.933 bits per heavy atom. The molecule has 7 nitrogen and oxygen atoms in total. The number of hydrogen-bond acceptors (Lipinski definition) is 4. The third kappa shape index (κ3) is 9.09. The highest BCUT2D eigenvalue weighted by Gasteiger charge is 2.15. The molecule has 0 aliphatic rings. The molecule has 2 rings (SSSR count). The molecule has 0 aliphatic carbocycles. The van der Waals surface area contributed by atoms with Crippen molar-refractivity contribution in [3.63, 3.8) is 0 Å². The van der Waals surface area contributed by atoms with Gasteiger partial charge in [-0.15, -0.1) is 0 Å². The number of halogens is 1. The first-order valence-electron chi connectivity index (χ1n) is 9.52. The summed E-state index contributed by atoms with van der Waals surface area (Å²) in [4.78, 5) is 35.7. The summed E-state index contributed by atoms with van der Waals surface area (Å²) >= 11 is 3.39. The summed E-state index contributed by atoms with van der Waals surface area (Å²) in [7, 11) is 0. The van der Waals surface area contributed by atoms with Crippen molar-refractivity contribution in [2.24, 2.45) is 0 Å². The SMILES string of the molecule is CC(C)(C)OC(=O)NCCC(=O)Nc1ccc(NC(=O)Cc2cccc(Br)c2)cc1. The molecule has 30 heavy (non-hydrogen) atoms. The van der Waals surface area contributed by atoms with Crippen LogP contribution in [0.1, 0.15) is 32.8 Å². The van der Waals surface area contributed by atoms with Gasteiger partial charge in [-0.2, -0.15) is 0 Å². The molecule has 0 fully saturated rings. The van der Waals surface area contributed by atoms with Crippen LogP contribution in [0.5, 0.6) is 0 Å². The van der Waals surface area contributed by atoms with E-state index in [4.69, 9.17) is 4.74 Å². The van der Waals surface area contributed by atoms with Crippen molar-refractivity contribution in [3.05, 3.63) is 58.6 Å². The predicted octanol–water partition coefficient (Wildman–Crippen LogP) is 4.48. The maximum absolute atomic E-state index is 12.2. The van der Waals surface area contributed by atoms with Gasteiger partial charge in [0.15, 0.2) is 0 Å². The largest absolute Gasteiger partial charge is 0.444 e. The zero-order chi connectivity index (χ0) is 22.1. The van der Waals surface area contributed by atoms with E-state index in [2.05, 4.69) is 31.9 Å². The molecule has 2 aromatic carbocycles. The van der Waals surface area contributed by atoms with Crippen molar-refractivity contribution in [2.45, 2.75) is 39.2 Å². The standard InChI is InChI=1S/C22H26BrN3O4/c1-22(2,3)30-21(29)24-12-11-19(27)25-17-7-9-18(10-8-17)26-20(28)14-15-5-4-6-16(23)13-15/h4-10,13H,11-12,14H2,1-3H3,(H,24,29)(H,25,27)(H,26,28). The van der Waals surface area contributed by atoms with Gasteiger partial charge in [-0.05, 0) is 62.7 Å². The summed E-state index contributed by atoms with van der Waals surface area (Å²) < 4.78 is 6.03. The summed E-state index contributed by atoms with van der Waals surface area (Å²) in [5.74, 6) is -0.365. The van der Waals surface area contributed by atoms with Crippen LogP contribution >= 0.6 is 15.9 Å². The maximum Gasteiger partial charge on any atom is 0.407 e. The lowest BCUT2D eigenvalue weighted by molar-refractivity contribution is -0.116. The Morgan fingerprint density at radius 3 is 2.10 bits per heavy atom. The zero-order valence-corrected chi connectivity index (χ0v) is 18.8. The average molecular weight is 476 g/mol. The Kier molecular flexibility index (Phi) is 8.41. The minimum Gasteiger partial charge on any atom is -0.444 e. The van der Waals surface area contributed by atoms with Crippen molar-refractivity contribution >= 4 is 45.2 Å². The van der Waals surface area contributed by atoms with Crippen molar-refractivity contribution < 1.29 is 19.1 Å². The van der Waals surface area contributed by atoms with Gasteiger partial charge < -0.3 is 20.7 Å². The fourth-order valence-corrected chi connectivity index (χ4v) is 2.94. The van der Waals surface area contributed by atoms with Gasteiger partial charge in [0, 0.05) is 28.8 Å². The lowest BCUT2D eigenvalue weighted by Gasteiger charge is -2.19. The molecule has 0 saturated heterocycles. The molecule has 0 atom stereocenters. The highest BCUT2D eigenvalue weighted by molar-refractivity contribution is 9.10. The molecule has 0 unspecified atom stereocenters. The van der Waals surface area contributed by atoms with E-state index in [0.29, 0.717) is 11.4 Å². The van der Waals surface area contributed by atoms with Crippen LogP contribution in [0.2, 0.25) is 0 Å². The van der Waals surface area contributed by atoms with Crippen LogP contribution in [-0.2, 0) is 20.7 Å². The Labute approximate surface area is 184 Å². The monoisotopic (exact) mass is 475 g/mol. The van der Waals surface area contributed by atoms with E-state index in [1.54, 1.807) is 45.0 Å². The fourth-order valence-electron chi connectivity index (χ4n) is 2.49. The van der Waals surface area contributed by atoms with E-state index in [1.165, 1.54) is 0 Å². The van der Waals surface area contributed by atoms with Crippen LogP contribution in [-0.4, -0.2) is 30.1 Å². The van der Waals surface area contributed by atoms with Crippen LogP contribution in [0.3, 0.4) is 0 Å². The van der Waals surface area contributed by atoms with Crippen LogP contribution in [0, 0.1) is 0 Å². The molecule has 0 spiro atoms. The van der Waals surface area contributed by atoms with Crippen LogP contribution in [0.25, 0.3) is 0 Å². The summed E-state index contributed by atoms with van der Waals surface area (Å²) in [6.45, 7) is 5.48. The number of anilines is 2. The number of carbonyl (C=O) groups excluding carboxylic acids is 3. The zero-order valence-electron chi connectivity index (χ0n) is 17.3. The highest BCUT2D eigenvalue weighted by Crippen LogP contribution is 2.16. The number of benzene rings is 2. The molecule has 0 saturated carbocycles. The van der Waals surface area contributed by atoms with Crippen molar-refractivity contribution in [3.8, 4) is 0 Å².